The predicted octanol–water partition coefficient (Wildman–Crippen LogP) is 5.29. The molecule has 0 radical (unpaired) electrons. The Hall–Kier alpha value is -1.19. The van der Waals surface area contributed by atoms with E-state index in [1.807, 2.05) is 6.92 Å². The van der Waals surface area contributed by atoms with Crippen LogP contribution in [0.5, 0.6) is 0 Å². The van der Waals surface area contributed by atoms with Gasteiger partial charge in [0.25, 0.3) is 0 Å². The van der Waals surface area contributed by atoms with Gasteiger partial charge in [0.2, 0.25) is 0 Å². The number of aromatic nitrogens is 1. The summed E-state index contributed by atoms with van der Waals surface area (Å²) in [6, 6.07) is 4.98. The van der Waals surface area contributed by atoms with Crippen LogP contribution in [0.1, 0.15) is 18.9 Å². The van der Waals surface area contributed by atoms with E-state index in [9.17, 15) is 8.78 Å². The van der Waals surface area contributed by atoms with Gasteiger partial charge in [-0.05, 0) is 35.7 Å². The van der Waals surface area contributed by atoms with Crippen molar-refractivity contribution in [1.29, 1.82) is 0 Å². The highest BCUT2D eigenvalue weighted by Gasteiger charge is 2.15. The second-order valence-electron chi connectivity index (χ2n) is 4.14. The molecule has 0 amide bonds. The molecular weight excluding hydrogens is 291 g/mol. The van der Waals surface area contributed by atoms with Crippen LogP contribution in [0.25, 0.3) is 11.1 Å². The van der Waals surface area contributed by atoms with Crippen LogP contribution in [-0.2, 0) is 6.42 Å². The number of hydrogen-bond donors (Lipinski definition) is 0. The SMILES string of the molecule is CCCc1c(-c2ccc(F)cc2F)cc(Cl)nc1Cl. The molecule has 19 heavy (non-hydrogen) atoms. The quantitative estimate of drug-likeness (QED) is 0.702. The van der Waals surface area contributed by atoms with Gasteiger partial charge in [-0.15, -0.1) is 0 Å². The minimum atomic E-state index is -0.643. The van der Waals surface area contributed by atoms with E-state index in [1.54, 1.807) is 6.07 Å². The lowest BCUT2D eigenvalue weighted by Crippen LogP contribution is -1.96. The fraction of sp³-hybridized carbons (Fsp3) is 0.214. The van der Waals surface area contributed by atoms with Crippen molar-refractivity contribution >= 4 is 23.2 Å². The maximum absolute atomic E-state index is 13.9. The van der Waals surface area contributed by atoms with E-state index >= 15 is 0 Å². The molecule has 0 bridgehead atoms. The average molecular weight is 302 g/mol. The third-order valence-corrected chi connectivity index (χ3v) is 3.27. The summed E-state index contributed by atoms with van der Waals surface area (Å²) in [5.74, 6) is -1.26. The average Bonchev–Trinajstić information content (AvgIpc) is 2.32. The van der Waals surface area contributed by atoms with E-state index in [0.29, 0.717) is 12.0 Å². The minimum absolute atomic E-state index is 0.184. The first-order chi connectivity index (χ1) is 9.02. The van der Waals surface area contributed by atoms with Crippen molar-refractivity contribution in [3.8, 4) is 11.1 Å². The summed E-state index contributed by atoms with van der Waals surface area (Å²) in [7, 11) is 0. The van der Waals surface area contributed by atoms with Gasteiger partial charge in [-0.25, -0.2) is 13.8 Å². The van der Waals surface area contributed by atoms with Crippen molar-refractivity contribution in [2.45, 2.75) is 19.8 Å². The van der Waals surface area contributed by atoms with E-state index in [0.717, 1.165) is 18.1 Å². The summed E-state index contributed by atoms with van der Waals surface area (Å²) < 4.78 is 26.8. The minimum Gasteiger partial charge on any atom is -0.224 e. The van der Waals surface area contributed by atoms with Gasteiger partial charge in [-0.2, -0.15) is 0 Å². The summed E-state index contributed by atoms with van der Waals surface area (Å²) in [5, 5.41) is 0.441. The molecule has 0 saturated heterocycles. The highest BCUT2D eigenvalue weighted by molar-refractivity contribution is 6.33. The van der Waals surface area contributed by atoms with Gasteiger partial charge in [-0.1, -0.05) is 36.5 Å². The van der Waals surface area contributed by atoms with Crippen LogP contribution in [0.4, 0.5) is 8.78 Å². The van der Waals surface area contributed by atoms with Crippen molar-refractivity contribution in [3.63, 3.8) is 0 Å². The fourth-order valence-electron chi connectivity index (χ4n) is 1.95. The lowest BCUT2D eigenvalue weighted by molar-refractivity contribution is 0.585. The maximum atomic E-state index is 13.9. The Balaban J connectivity index is 2.66. The molecule has 0 aliphatic carbocycles. The summed E-state index contributed by atoms with van der Waals surface area (Å²) >= 11 is 11.9. The van der Waals surface area contributed by atoms with E-state index in [4.69, 9.17) is 23.2 Å². The first-order valence-corrected chi connectivity index (χ1v) is 6.59. The zero-order valence-electron chi connectivity index (χ0n) is 10.2. The molecule has 0 spiro atoms. The number of halogens is 4. The molecule has 1 aromatic heterocycles. The van der Waals surface area contributed by atoms with E-state index in [2.05, 4.69) is 4.98 Å². The molecule has 100 valence electrons. The van der Waals surface area contributed by atoms with Gasteiger partial charge in [-0.3, -0.25) is 0 Å². The van der Waals surface area contributed by atoms with Crippen LogP contribution < -0.4 is 0 Å². The highest BCUT2D eigenvalue weighted by atomic mass is 35.5. The van der Waals surface area contributed by atoms with Crippen LogP contribution in [0.15, 0.2) is 24.3 Å². The van der Waals surface area contributed by atoms with Crippen LogP contribution in [0.2, 0.25) is 10.3 Å². The molecule has 5 heteroatoms. The number of rotatable bonds is 3. The Kier molecular flexibility index (Phi) is 4.38. The molecule has 0 fully saturated rings. The van der Waals surface area contributed by atoms with Crippen molar-refractivity contribution in [3.05, 3.63) is 51.8 Å². The van der Waals surface area contributed by atoms with Gasteiger partial charge in [0.15, 0.2) is 0 Å². The molecule has 0 saturated carbocycles. The van der Waals surface area contributed by atoms with Crippen LogP contribution >= 0.6 is 23.2 Å². The normalized spacial score (nSPS) is 10.8. The van der Waals surface area contributed by atoms with Crippen molar-refractivity contribution in [2.75, 3.05) is 0 Å². The maximum Gasteiger partial charge on any atom is 0.134 e. The Morgan fingerprint density at radius 3 is 2.47 bits per heavy atom. The monoisotopic (exact) mass is 301 g/mol. The number of benzene rings is 1. The standard InChI is InChI=1S/C14H11Cl2F2N/c1-2-3-10-11(7-13(15)19-14(10)16)9-5-4-8(17)6-12(9)18/h4-7H,2-3H2,1H3. The van der Waals surface area contributed by atoms with Gasteiger partial charge >= 0.3 is 0 Å². The van der Waals surface area contributed by atoms with Crippen molar-refractivity contribution in [2.24, 2.45) is 0 Å². The molecule has 1 nitrogen and oxygen atoms in total. The zero-order valence-corrected chi connectivity index (χ0v) is 11.7. The van der Waals surface area contributed by atoms with Gasteiger partial charge in [0, 0.05) is 11.6 Å². The zero-order chi connectivity index (χ0) is 14.0. The molecule has 1 heterocycles. The molecule has 0 aliphatic heterocycles. The van der Waals surface area contributed by atoms with Crippen molar-refractivity contribution in [1.82, 2.24) is 4.98 Å². The number of nitrogens with zero attached hydrogens (tertiary/aromatic N) is 1. The van der Waals surface area contributed by atoms with Crippen LogP contribution in [-0.4, -0.2) is 4.98 Å². The summed E-state index contributed by atoms with van der Waals surface area (Å²) in [4.78, 5) is 3.96. The Labute approximate surface area is 120 Å². The Bertz CT molecular complexity index is 615. The fourth-order valence-corrected chi connectivity index (χ4v) is 2.47. The second kappa shape index (κ2) is 5.85. The summed E-state index contributed by atoms with van der Waals surface area (Å²) in [5.41, 5.74) is 1.56. The molecule has 1 aromatic carbocycles. The topological polar surface area (TPSA) is 12.9 Å². The molecule has 2 aromatic rings. The molecule has 0 aliphatic rings. The van der Waals surface area contributed by atoms with Gasteiger partial charge < -0.3 is 0 Å². The third-order valence-electron chi connectivity index (χ3n) is 2.76. The van der Waals surface area contributed by atoms with E-state index in [-0.39, 0.29) is 15.9 Å². The second-order valence-corrected chi connectivity index (χ2v) is 4.88. The lowest BCUT2D eigenvalue weighted by atomic mass is 9.98. The van der Waals surface area contributed by atoms with Crippen molar-refractivity contribution < 1.29 is 8.78 Å². The Morgan fingerprint density at radius 2 is 1.84 bits per heavy atom. The molecular formula is C14H11Cl2F2N. The molecule has 0 unspecified atom stereocenters. The first-order valence-electron chi connectivity index (χ1n) is 5.83. The van der Waals surface area contributed by atoms with Gasteiger partial charge in [0.1, 0.15) is 21.9 Å². The van der Waals surface area contributed by atoms with E-state index in [1.165, 1.54) is 12.1 Å². The summed E-state index contributed by atoms with van der Waals surface area (Å²) in [6.45, 7) is 1.98. The molecule has 0 atom stereocenters. The number of hydrogen-bond acceptors (Lipinski definition) is 1. The smallest absolute Gasteiger partial charge is 0.134 e. The Morgan fingerprint density at radius 1 is 1.11 bits per heavy atom. The lowest BCUT2D eigenvalue weighted by Gasteiger charge is -2.12. The van der Waals surface area contributed by atoms with E-state index < -0.39 is 11.6 Å². The van der Waals surface area contributed by atoms with Gasteiger partial charge in [0.05, 0.1) is 0 Å². The van der Waals surface area contributed by atoms with Crippen LogP contribution in [0.3, 0.4) is 0 Å². The predicted molar refractivity (Wildman–Crippen MR) is 73.6 cm³/mol. The third kappa shape index (κ3) is 3.04. The number of pyridine rings is 1. The largest absolute Gasteiger partial charge is 0.224 e. The first kappa shape index (κ1) is 14.2. The highest BCUT2D eigenvalue weighted by Crippen LogP contribution is 2.33. The summed E-state index contributed by atoms with van der Waals surface area (Å²) in [6.07, 6.45) is 1.48. The molecule has 2 rings (SSSR count). The molecule has 0 N–H and O–H groups in total. The van der Waals surface area contributed by atoms with Crippen LogP contribution in [0, 0.1) is 11.6 Å².